The van der Waals surface area contributed by atoms with Crippen LogP contribution in [0.1, 0.15) is 0 Å². The van der Waals surface area contributed by atoms with Crippen LogP contribution < -0.4 is 16.0 Å². The normalized spacial score (nSPS) is 10.7. The standard InChI is InChI=1S/C15H13N3O2S/c1-21-13-7-9(5-6-10(13)16)20-12-4-2-3-11-15(12)17-8-14(19)18-11/h2-8H,16H2,1H3,(H,18,19). The first kappa shape index (κ1) is 13.5. The molecule has 1 heterocycles. The summed E-state index contributed by atoms with van der Waals surface area (Å²) >= 11 is 1.56. The maximum absolute atomic E-state index is 11.3. The highest BCUT2D eigenvalue weighted by atomic mass is 32.2. The van der Waals surface area contributed by atoms with E-state index in [0.717, 1.165) is 10.6 Å². The molecule has 0 aliphatic carbocycles. The molecule has 3 aromatic rings. The lowest BCUT2D eigenvalue weighted by Gasteiger charge is -2.10. The first-order valence-corrected chi connectivity index (χ1v) is 7.49. The smallest absolute Gasteiger partial charge is 0.266 e. The minimum atomic E-state index is -0.239. The van der Waals surface area contributed by atoms with Crippen molar-refractivity contribution in [3.63, 3.8) is 0 Å². The number of nitrogens with zero attached hydrogens (tertiary/aromatic N) is 1. The number of rotatable bonds is 3. The van der Waals surface area contributed by atoms with Crippen LogP contribution in [0.3, 0.4) is 0 Å². The number of nitrogen functional groups attached to an aromatic ring is 1. The molecule has 0 saturated carbocycles. The Labute approximate surface area is 125 Å². The Kier molecular flexibility index (Phi) is 3.53. The molecule has 6 heteroatoms. The minimum Gasteiger partial charge on any atom is -0.455 e. The number of aromatic nitrogens is 2. The molecule has 0 bridgehead atoms. The van der Waals surface area contributed by atoms with Crippen molar-refractivity contribution in [3.8, 4) is 11.5 Å². The molecular formula is C15H13N3O2S. The quantitative estimate of drug-likeness (QED) is 0.574. The number of H-pyrrole nitrogens is 1. The van der Waals surface area contributed by atoms with Crippen molar-refractivity contribution in [2.45, 2.75) is 4.90 Å². The molecule has 1 aromatic heterocycles. The van der Waals surface area contributed by atoms with Crippen molar-refractivity contribution in [1.82, 2.24) is 9.97 Å². The van der Waals surface area contributed by atoms with Gasteiger partial charge in [-0.1, -0.05) is 6.07 Å². The second-order valence-electron chi connectivity index (χ2n) is 4.41. The molecule has 0 aliphatic heterocycles. The zero-order chi connectivity index (χ0) is 14.8. The van der Waals surface area contributed by atoms with E-state index in [1.807, 2.05) is 30.5 Å². The van der Waals surface area contributed by atoms with Gasteiger partial charge in [-0.2, -0.15) is 0 Å². The molecular weight excluding hydrogens is 286 g/mol. The second kappa shape index (κ2) is 5.49. The monoisotopic (exact) mass is 299 g/mol. The average Bonchev–Trinajstić information content (AvgIpc) is 2.49. The fourth-order valence-corrected chi connectivity index (χ4v) is 2.55. The molecule has 0 amide bonds. The number of nitrogens with two attached hydrogens (primary N) is 1. The van der Waals surface area contributed by atoms with E-state index in [9.17, 15) is 4.79 Å². The number of benzene rings is 2. The number of hydrogen-bond donors (Lipinski definition) is 2. The van der Waals surface area contributed by atoms with E-state index < -0.39 is 0 Å². The summed E-state index contributed by atoms with van der Waals surface area (Å²) in [7, 11) is 0. The van der Waals surface area contributed by atoms with E-state index in [2.05, 4.69) is 9.97 Å². The molecule has 106 valence electrons. The van der Waals surface area contributed by atoms with Crippen LogP contribution in [0.2, 0.25) is 0 Å². The molecule has 2 aromatic carbocycles. The highest BCUT2D eigenvalue weighted by molar-refractivity contribution is 7.98. The van der Waals surface area contributed by atoms with E-state index in [1.54, 1.807) is 23.9 Å². The zero-order valence-corrected chi connectivity index (χ0v) is 12.1. The van der Waals surface area contributed by atoms with Gasteiger partial charge in [0.05, 0.1) is 11.7 Å². The van der Waals surface area contributed by atoms with Crippen LogP contribution in [0, 0.1) is 0 Å². The number of hydrogen-bond acceptors (Lipinski definition) is 5. The SMILES string of the molecule is CSc1cc(Oc2cccc3[nH]c(=O)cnc23)ccc1N. The van der Waals surface area contributed by atoms with E-state index >= 15 is 0 Å². The summed E-state index contributed by atoms with van der Waals surface area (Å²) in [5.74, 6) is 1.26. The molecule has 0 radical (unpaired) electrons. The van der Waals surface area contributed by atoms with Crippen LogP contribution >= 0.6 is 11.8 Å². The van der Waals surface area contributed by atoms with Crippen molar-refractivity contribution < 1.29 is 4.74 Å². The van der Waals surface area contributed by atoms with E-state index in [-0.39, 0.29) is 5.56 Å². The number of anilines is 1. The van der Waals surface area contributed by atoms with Gasteiger partial charge in [0.15, 0.2) is 5.75 Å². The van der Waals surface area contributed by atoms with Crippen molar-refractivity contribution >= 4 is 28.5 Å². The van der Waals surface area contributed by atoms with Gasteiger partial charge in [-0.25, -0.2) is 4.98 Å². The lowest BCUT2D eigenvalue weighted by Crippen LogP contribution is -2.05. The van der Waals surface area contributed by atoms with Gasteiger partial charge < -0.3 is 15.5 Å². The third kappa shape index (κ3) is 2.71. The summed E-state index contributed by atoms with van der Waals surface area (Å²) in [6, 6.07) is 10.9. The molecule has 0 unspecified atom stereocenters. The molecule has 0 fully saturated rings. The highest BCUT2D eigenvalue weighted by Crippen LogP contribution is 2.32. The van der Waals surface area contributed by atoms with Crippen LogP contribution in [-0.2, 0) is 0 Å². The van der Waals surface area contributed by atoms with E-state index in [1.165, 1.54) is 6.20 Å². The first-order chi connectivity index (χ1) is 10.2. The number of thioether (sulfide) groups is 1. The number of nitrogens with one attached hydrogen (secondary N) is 1. The number of aromatic amines is 1. The Morgan fingerprint density at radius 2 is 2.14 bits per heavy atom. The van der Waals surface area contributed by atoms with E-state index in [0.29, 0.717) is 22.5 Å². The number of ether oxygens (including phenoxy) is 1. The van der Waals surface area contributed by atoms with E-state index in [4.69, 9.17) is 10.5 Å². The van der Waals surface area contributed by atoms with Gasteiger partial charge in [-0.15, -0.1) is 11.8 Å². The minimum absolute atomic E-state index is 0.239. The van der Waals surface area contributed by atoms with Gasteiger partial charge in [0.1, 0.15) is 11.3 Å². The maximum atomic E-state index is 11.3. The summed E-state index contributed by atoms with van der Waals surface area (Å²) < 4.78 is 5.88. The van der Waals surface area contributed by atoms with Gasteiger partial charge in [0.25, 0.3) is 5.56 Å². The largest absolute Gasteiger partial charge is 0.455 e. The summed E-state index contributed by atoms with van der Waals surface area (Å²) in [6.45, 7) is 0. The topological polar surface area (TPSA) is 81.0 Å². The Bertz CT molecular complexity index is 861. The fraction of sp³-hybridized carbons (Fsp3) is 0.0667. The average molecular weight is 299 g/mol. The van der Waals surface area contributed by atoms with Crippen molar-refractivity contribution in [3.05, 3.63) is 52.9 Å². The van der Waals surface area contributed by atoms with Crippen LogP contribution in [0.25, 0.3) is 11.0 Å². The van der Waals surface area contributed by atoms with Crippen LogP contribution in [0.4, 0.5) is 5.69 Å². The van der Waals surface area contributed by atoms with Gasteiger partial charge in [-0.05, 0) is 36.6 Å². The molecule has 0 atom stereocenters. The lowest BCUT2D eigenvalue weighted by atomic mass is 10.2. The second-order valence-corrected chi connectivity index (χ2v) is 5.25. The molecule has 0 saturated heterocycles. The van der Waals surface area contributed by atoms with Crippen LogP contribution in [0.5, 0.6) is 11.5 Å². The molecule has 0 spiro atoms. The summed E-state index contributed by atoms with van der Waals surface area (Å²) in [5, 5.41) is 0. The van der Waals surface area contributed by atoms with Crippen molar-refractivity contribution in [1.29, 1.82) is 0 Å². The molecule has 3 rings (SSSR count). The molecule has 0 aliphatic rings. The van der Waals surface area contributed by atoms with Gasteiger partial charge in [0, 0.05) is 10.6 Å². The number of fused-ring (bicyclic) bond motifs is 1. The van der Waals surface area contributed by atoms with Crippen LogP contribution in [0.15, 0.2) is 52.3 Å². The third-order valence-electron chi connectivity index (χ3n) is 3.00. The Hall–Kier alpha value is -2.47. The lowest BCUT2D eigenvalue weighted by molar-refractivity contribution is 0.486. The highest BCUT2D eigenvalue weighted by Gasteiger charge is 2.07. The Balaban J connectivity index is 2.04. The fourth-order valence-electron chi connectivity index (χ4n) is 2.01. The van der Waals surface area contributed by atoms with Gasteiger partial charge in [0.2, 0.25) is 0 Å². The van der Waals surface area contributed by atoms with Gasteiger partial charge >= 0.3 is 0 Å². The van der Waals surface area contributed by atoms with Gasteiger partial charge in [-0.3, -0.25) is 4.79 Å². The Morgan fingerprint density at radius 3 is 2.95 bits per heavy atom. The Morgan fingerprint density at radius 1 is 1.29 bits per heavy atom. The predicted molar refractivity (Wildman–Crippen MR) is 85.1 cm³/mol. The molecule has 5 nitrogen and oxygen atoms in total. The van der Waals surface area contributed by atoms with Crippen LogP contribution in [-0.4, -0.2) is 16.2 Å². The predicted octanol–water partition coefficient (Wildman–Crippen LogP) is 3.02. The summed E-state index contributed by atoms with van der Waals surface area (Å²) in [4.78, 5) is 19.1. The van der Waals surface area contributed by atoms with Crippen molar-refractivity contribution in [2.24, 2.45) is 0 Å². The summed E-state index contributed by atoms with van der Waals surface area (Å²) in [5.41, 5.74) is 7.60. The summed E-state index contributed by atoms with van der Waals surface area (Å²) in [6.07, 6.45) is 3.20. The molecule has 3 N–H and O–H groups in total. The third-order valence-corrected chi connectivity index (χ3v) is 3.79. The number of para-hydroxylation sites is 1. The van der Waals surface area contributed by atoms with Crippen molar-refractivity contribution in [2.75, 3.05) is 12.0 Å². The maximum Gasteiger partial charge on any atom is 0.266 e. The zero-order valence-electron chi connectivity index (χ0n) is 11.3. The first-order valence-electron chi connectivity index (χ1n) is 6.27. The molecule has 21 heavy (non-hydrogen) atoms.